The third kappa shape index (κ3) is 2.16. The Kier molecular flexibility index (Phi) is 3.60. The van der Waals surface area contributed by atoms with E-state index >= 15 is 0 Å². The van der Waals surface area contributed by atoms with Crippen LogP contribution in [0.5, 0.6) is 0 Å². The molecule has 13 heavy (non-hydrogen) atoms. The third-order valence-corrected chi connectivity index (χ3v) is 2.09. The fraction of sp³-hybridized carbons (Fsp3) is 1.00. The van der Waals surface area contributed by atoms with E-state index in [4.69, 9.17) is 14.9 Å². The van der Waals surface area contributed by atoms with Gasteiger partial charge in [0.2, 0.25) is 0 Å². The van der Waals surface area contributed by atoms with Crippen LogP contribution in [0.15, 0.2) is 0 Å². The second-order valence-corrected chi connectivity index (χ2v) is 3.09. The molecule has 0 spiro atoms. The van der Waals surface area contributed by atoms with E-state index in [9.17, 15) is 10.2 Å². The summed E-state index contributed by atoms with van der Waals surface area (Å²) in [6.45, 7) is 0.294. The highest BCUT2D eigenvalue weighted by molar-refractivity contribution is 4.89. The number of rotatable bonds is 2. The summed E-state index contributed by atoms with van der Waals surface area (Å²) in [4.78, 5) is 0. The highest BCUT2D eigenvalue weighted by Gasteiger charge is 2.42. The van der Waals surface area contributed by atoms with Crippen molar-refractivity contribution in [3.05, 3.63) is 0 Å². The van der Waals surface area contributed by atoms with Crippen LogP contribution in [0.1, 0.15) is 0 Å². The number of aliphatic hydroxyl groups excluding tert-OH is 4. The van der Waals surface area contributed by atoms with Crippen LogP contribution in [0.4, 0.5) is 0 Å². The minimum Gasteiger partial charge on any atom is -0.388 e. The van der Waals surface area contributed by atoms with Crippen molar-refractivity contribution in [2.45, 2.75) is 30.7 Å². The molecule has 6 nitrogen and oxygen atoms in total. The summed E-state index contributed by atoms with van der Waals surface area (Å²) in [5, 5.41) is 39.5. The minimum atomic E-state index is -1.46. The van der Waals surface area contributed by atoms with Gasteiger partial charge in [0.05, 0.1) is 0 Å². The first-order valence-corrected chi connectivity index (χ1v) is 4.10. The van der Waals surface area contributed by atoms with Gasteiger partial charge >= 0.3 is 0 Å². The van der Waals surface area contributed by atoms with Gasteiger partial charge in [-0.25, -0.2) is 0 Å². The molecule has 0 aromatic rings. The highest BCUT2D eigenvalue weighted by atomic mass is 16.6. The van der Waals surface area contributed by atoms with Gasteiger partial charge in [-0.2, -0.15) is 0 Å². The van der Waals surface area contributed by atoms with Crippen LogP contribution in [0, 0.1) is 0 Å². The van der Waals surface area contributed by atoms with Crippen molar-refractivity contribution in [1.82, 2.24) is 5.32 Å². The summed E-state index contributed by atoms with van der Waals surface area (Å²) in [7, 11) is 1.65. The van der Waals surface area contributed by atoms with Gasteiger partial charge in [0.15, 0.2) is 6.29 Å². The summed E-state index contributed by atoms with van der Waals surface area (Å²) in [5.74, 6) is 0. The number of ether oxygens (including phenoxy) is 1. The molecule has 0 aromatic carbocycles. The molecule has 0 aromatic heterocycles. The smallest absolute Gasteiger partial charge is 0.184 e. The largest absolute Gasteiger partial charge is 0.388 e. The fourth-order valence-corrected chi connectivity index (χ4v) is 1.30. The highest BCUT2D eigenvalue weighted by Crippen LogP contribution is 2.18. The van der Waals surface area contributed by atoms with Gasteiger partial charge < -0.3 is 30.5 Å². The molecule has 1 saturated heterocycles. The SMILES string of the molecule is CNC[C@H]1O[C@H](O)[C@H](O)[C@@H](O)[C@@H]1O. The number of hydrogen-bond acceptors (Lipinski definition) is 6. The molecule has 78 valence electrons. The van der Waals surface area contributed by atoms with E-state index in [0.29, 0.717) is 6.54 Å². The zero-order valence-corrected chi connectivity index (χ0v) is 7.29. The monoisotopic (exact) mass is 193 g/mol. The van der Waals surface area contributed by atoms with E-state index in [1.54, 1.807) is 7.05 Å². The van der Waals surface area contributed by atoms with E-state index < -0.39 is 30.7 Å². The van der Waals surface area contributed by atoms with Crippen molar-refractivity contribution in [2.24, 2.45) is 0 Å². The molecule has 6 heteroatoms. The van der Waals surface area contributed by atoms with Gasteiger partial charge in [0, 0.05) is 6.54 Å². The normalized spacial score (nSPS) is 46.4. The van der Waals surface area contributed by atoms with Crippen LogP contribution in [-0.4, -0.2) is 64.7 Å². The van der Waals surface area contributed by atoms with Crippen molar-refractivity contribution >= 4 is 0 Å². The summed E-state index contributed by atoms with van der Waals surface area (Å²) >= 11 is 0. The van der Waals surface area contributed by atoms with Crippen LogP contribution in [0.2, 0.25) is 0 Å². The minimum absolute atomic E-state index is 0.294. The second-order valence-electron chi connectivity index (χ2n) is 3.09. The lowest BCUT2D eigenvalue weighted by molar-refractivity contribution is -0.280. The molecular formula is C7H15NO5. The lowest BCUT2D eigenvalue weighted by atomic mass is 9.99. The van der Waals surface area contributed by atoms with Crippen LogP contribution < -0.4 is 5.32 Å². The molecule has 1 rings (SSSR count). The molecule has 5 N–H and O–H groups in total. The molecule has 1 aliphatic rings. The molecule has 0 radical (unpaired) electrons. The van der Waals surface area contributed by atoms with E-state index in [0.717, 1.165) is 0 Å². The fourth-order valence-electron chi connectivity index (χ4n) is 1.30. The molecule has 1 heterocycles. The zero-order valence-electron chi connectivity index (χ0n) is 7.29. The molecule has 0 saturated carbocycles. The summed E-state index contributed by atoms with van der Waals surface area (Å²) in [6, 6.07) is 0. The molecule has 5 atom stereocenters. The lowest BCUT2D eigenvalue weighted by Gasteiger charge is -2.38. The van der Waals surface area contributed by atoms with Crippen LogP contribution in [0.25, 0.3) is 0 Å². The average molecular weight is 193 g/mol. The maximum atomic E-state index is 9.37. The van der Waals surface area contributed by atoms with Gasteiger partial charge in [0.25, 0.3) is 0 Å². The molecule has 1 aliphatic heterocycles. The number of likely N-dealkylation sites (N-methyl/N-ethyl adjacent to an activating group) is 1. The van der Waals surface area contributed by atoms with Crippen LogP contribution in [-0.2, 0) is 4.74 Å². The zero-order chi connectivity index (χ0) is 10.0. The first-order valence-electron chi connectivity index (χ1n) is 4.10. The summed E-state index contributed by atoms with van der Waals surface area (Å²) < 4.78 is 4.85. The van der Waals surface area contributed by atoms with Gasteiger partial charge in [0.1, 0.15) is 24.4 Å². The average Bonchev–Trinajstić information content (AvgIpc) is 2.11. The third-order valence-electron chi connectivity index (χ3n) is 2.09. The Bertz CT molecular complexity index is 167. The summed E-state index contributed by atoms with van der Waals surface area (Å²) in [6.07, 6.45) is -6.17. The number of hydrogen-bond donors (Lipinski definition) is 5. The molecule has 0 bridgehead atoms. The van der Waals surface area contributed by atoms with Gasteiger partial charge in [-0.05, 0) is 7.05 Å². The van der Waals surface area contributed by atoms with Crippen LogP contribution in [0.3, 0.4) is 0 Å². The van der Waals surface area contributed by atoms with E-state index in [2.05, 4.69) is 5.32 Å². The molecule has 1 fully saturated rings. The lowest BCUT2D eigenvalue weighted by Crippen LogP contribution is -2.59. The van der Waals surface area contributed by atoms with Gasteiger partial charge in [-0.3, -0.25) is 0 Å². The Labute approximate surface area is 75.8 Å². The predicted octanol–water partition coefficient (Wildman–Crippen LogP) is -2.99. The van der Waals surface area contributed by atoms with Crippen molar-refractivity contribution < 1.29 is 25.2 Å². The maximum absolute atomic E-state index is 9.37. The molecule has 0 amide bonds. The Morgan fingerprint density at radius 3 is 2.23 bits per heavy atom. The maximum Gasteiger partial charge on any atom is 0.184 e. The van der Waals surface area contributed by atoms with Crippen molar-refractivity contribution in [3.63, 3.8) is 0 Å². The van der Waals surface area contributed by atoms with Crippen molar-refractivity contribution in [3.8, 4) is 0 Å². The Morgan fingerprint density at radius 1 is 1.08 bits per heavy atom. The van der Waals surface area contributed by atoms with E-state index in [-0.39, 0.29) is 0 Å². The first-order chi connectivity index (χ1) is 6.07. The Hall–Kier alpha value is -0.240. The van der Waals surface area contributed by atoms with Crippen molar-refractivity contribution in [1.29, 1.82) is 0 Å². The van der Waals surface area contributed by atoms with Crippen molar-refractivity contribution in [2.75, 3.05) is 13.6 Å². The molecule has 0 unspecified atom stereocenters. The number of nitrogens with one attached hydrogen (secondary N) is 1. The van der Waals surface area contributed by atoms with Gasteiger partial charge in [-0.15, -0.1) is 0 Å². The van der Waals surface area contributed by atoms with E-state index in [1.807, 2.05) is 0 Å². The number of aliphatic hydroxyl groups is 4. The second kappa shape index (κ2) is 4.32. The van der Waals surface area contributed by atoms with Crippen LogP contribution >= 0.6 is 0 Å². The predicted molar refractivity (Wildman–Crippen MR) is 42.8 cm³/mol. The Morgan fingerprint density at radius 2 is 1.69 bits per heavy atom. The first kappa shape index (κ1) is 10.8. The van der Waals surface area contributed by atoms with E-state index in [1.165, 1.54) is 0 Å². The van der Waals surface area contributed by atoms with Gasteiger partial charge in [-0.1, -0.05) is 0 Å². The Balaban J connectivity index is 2.59. The molecular weight excluding hydrogens is 178 g/mol. The molecule has 0 aliphatic carbocycles. The standard InChI is InChI=1S/C7H15NO5/c1-8-2-3-4(9)5(10)6(11)7(12)13-3/h3-12H,2H2,1H3/t3-,4-,5+,6-,7+/m1/s1. The topological polar surface area (TPSA) is 102 Å². The quantitative estimate of drug-likeness (QED) is 0.320. The summed E-state index contributed by atoms with van der Waals surface area (Å²) in [5.41, 5.74) is 0.